The normalized spacial score (nSPS) is 10.3. The van der Waals surface area contributed by atoms with E-state index in [1.807, 2.05) is 48.5 Å². The summed E-state index contributed by atoms with van der Waals surface area (Å²) in [6.45, 7) is 0.548. The fourth-order valence-electron chi connectivity index (χ4n) is 3.66. The van der Waals surface area contributed by atoms with Crippen LogP contribution in [-0.4, -0.2) is 30.6 Å². The molecule has 0 aliphatic heterocycles. The zero-order chi connectivity index (χ0) is 26.0. The number of carbonyl (C=O) groups is 2. The van der Waals surface area contributed by atoms with E-state index >= 15 is 0 Å². The van der Waals surface area contributed by atoms with Gasteiger partial charge in [0.15, 0.2) is 5.11 Å². The van der Waals surface area contributed by atoms with Crippen molar-refractivity contribution in [3.63, 3.8) is 0 Å². The van der Waals surface area contributed by atoms with Crippen molar-refractivity contribution in [2.75, 3.05) is 23.9 Å². The molecule has 0 saturated carbocycles. The van der Waals surface area contributed by atoms with Gasteiger partial charge in [0.05, 0.1) is 6.61 Å². The smallest absolute Gasteiger partial charge is 0.258 e. The lowest BCUT2D eigenvalue weighted by Gasteiger charge is -2.18. The van der Waals surface area contributed by atoms with Gasteiger partial charge in [-0.2, -0.15) is 0 Å². The molecular weight excluding hydrogens is 482 g/mol. The molecule has 0 atom stereocenters. The number of amides is 2. The fourth-order valence-corrected chi connectivity index (χ4v) is 3.87. The Morgan fingerprint density at radius 3 is 2.19 bits per heavy atom. The molecule has 2 N–H and O–H groups in total. The van der Waals surface area contributed by atoms with E-state index < -0.39 is 0 Å². The van der Waals surface area contributed by atoms with Gasteiger partial charge in [0.25, 0.3) is 11.8 Å². The molecule has 0 aromatic heterocycles. The second-order valence-electron chi connectivity index (χ2n) is 8.30. The third kappa shape index (κ3) is 7.25. The third-order valence-electron chi connectivity index (χ3n) is 5.66. The lowest BCUT2D eigenvalue weighted by Crippen LogP contribution is -2.34. The maximum absolute atomic E-state index is 12.9. The minimum atomic E-state index is -0.343. The van der Waals surface area contributed by atoms with Crippen LogP contribution in [0.3, 0.4) is 0 Å². The summed E-state index contributed by atoms with van der Waals surface area (Å²) in [5, 5.41) is 5.78. The van der Waals surface area contributed by atoms with Crippen molar-refractivity contribution >= 4 is 40.5 Å². The highest BCUT2D eigenvalue weighted by atomic mass is 32.1. The molecule has 0 radical (unpaired) electrons. The molecule has 2 amide bonds. The maximum atomic E-state index is 12.9. The number of thiocarbonyl (C=S) groups is 1. The first-order valence-electron chi connectivity index (χ1n) is 11.8. The molecule has 0 bridgehead atoms. The Bertz CT molecular complexity index is 1360. The second-order valence-corrected chi connectivity index (χ2v) is 8.71. The van der Waals surface area contributed by atoms with Gasteiger partial charge in [0.2, 0.25) is 0 Å². The van der Waals surface area contributed by atoms with Gasteiger partial charge >= 0.3 is 0 Å². The summed E-state index contributed by atoms with van der Waals surface area (Å²) >= 11 is 5.32. The van der Waals surface area contributed by atoms with E-state index in [9.17, 15) is 9.59 Å². The quantitative estimate of drug-likeness (QED) is 0.298. The first-order valence-corrected chi connectivity index (χ1v) is 12.2. The number of carbonyl (C=O) groups excluding carboxylic acids is 2. The summed E-state index contributed by atoms with van der Waals surface area (Å²) in [5.41, 5.74) is 3.54. The van der Waals surface area contributed by atoms with Gasteiger partial charge in [-0.25, -0.2) is 0 Å². The third-order valence-corrected chi connectivity index (χ3v) is 5.87. The van der Waals surface area contributed by atoms with Crippen LogP contribution in [0.2, 0.25) is 0 Å². The number of benzene rings is 4. The van der Waals surface area contributed by atoms with Gasteiger partial charge in [-0.05, 0) is 72.4 Å². The van der Waals surface area contributed by atoms with Crippen LogP contribution in [0, 0.1) is 0 Å². The predicted octanol–water partition coefficient (Wildman–Crippen LogP) is 5.71. The molecule has 0 saturated heterocycles. The highest BCUT2D eigenvalue weighted by Gasteiger charge is 2.14. The molecule has 0 fully saturated rings. The van der Waals surface area contributed by atoms with Crippen molar-refractivity contribution in [1.82, 2.24) is 5.32 Å². The standard InChI is InChI=1S/C30H27N3O3S/c1-33(26-13-6-3-7-14-26)29(35)24-11-8-12-25(21-24)31-30(37)32-28(34)23-15-17-27(18-16-23)36-20-19-22-9-4-2-5-10-22/h2-18,21H,19-20H2,1H3,(H2,31,32,34,37). The van der Waals surface area contributed by atoms with Crippen LogP contribution in [0.4, 0.5) is 11.4 Å². The Morgan fingerprint density at radius 1 is 0.811 bits per heavy atom. The lowest BCUT2D eigenvalue weighted by molar-refractivity contribution is 0.0974. The van der Waals surface area contributed by atoms with E-state index in [0.717, 1.165) is 12.1 Å². The predicted molar refractivity (Wildman–Crippen MR) is 151 cm³/mol. The Hall–Kier alpha value is -4.49. The SMILES string of the molecule is CN(C(=O)c1cccc(NC(=S)NC(=O)c2ccc(OCCc3ccccc3)cc2)c1)c1ccccc1. The molecule has 4 aromatic carbocycles. The zero-order valence-electron chi connectivity index (χ0n) is 20.4. The number of rotatable bonds is 8. The van der Waals surface area contributed by atoms with Crippen molar-refractivity contribution < 1.29 is 14.3 Å². The number of hydrogen-bond donors (Lipinski definition) is 2. The largest absolute Gasteiger partial charge is 0.493 e. The van der Waals surface area contributed by atoms with E-state index in [1.54, 1.807) is 60.5 Å². The summed E-state index contributed by atoms with van der Waals surface area (Å²) in [6, 6.07) is 33.4. The van der Waals surface area contributed by atoms with Crippen LogP contribution >= 0.6 is 12.2 Å². The van der Waals surface area contributed by atoms with Crippen LogP contribution in [0.5, 0.6) is 5.75 Å². The molecule has 0 heterocycles. The average molecular weight is 510 g/mol. The summed E-state index contributed by atoms with van der Waals surface area (Å²) in [5.74, 6) is 0.190. The Labute approximate surface area is 221 Å². The lowest BCUT2D eigenvalue weighted by atomic mass is 10.1. The molecule has 7 heteroatoms. The van der Waals surface area contributed by atoms with Crippen molar-refractivity contribution in [3.8, 4) is 5.75 Å². The van der Waals surface area contributed by atoms with Crippen LogP contribution in [0.15, 0.2) is 109 Å². The number of hydrogen-bond acceptors (Lipinski definition) is 4. The van der Waals surface area contributed by atoms with E-state index in [2.05, 4.69) is 22.8 Å². The van der Waals surface area contributed by atoms with Crippen LogP contribution < -0.4 is 20.3 Å². The van der Waals surface area contributed by atoms with Crippen LogP contribution in [-0.2, 0) is 6.42 Å². The molecule has 0 aliphatic carbocycles. The molecule has 0 aliphatic rings. The average Bonchev–Trinajstić information content (AvgIpc) is 2.93. The van der Waals surface area contributed by atoms with Crippen LogP contribution in [0.1, 0.15) is 26.3 Å². The monoisotopic (exact) mass is 509 g/mol. The molecule has 0 spiro atoms. The second kappa shape index (κ2) is 12.5. The maximum Gasteiger partial charge on any atom is 0.258 e. The van der Waals surface area contributed by atoms with Gasteiger partial charge in [0, 0.05) is 36.0 Å². The Balaban J connectivity index is 1.29. The van der Waals surface area contributed by atoms with E-state index in [4.69, 9.17) is 17.0 Å². The number of para-hydroxylation sites is 1. The number of nitrogens with zero attached hydrogens (tertiary/aromatic N) is 1. The first-order chi connectivity index (χ1) is 18.0. The first kappa shape index (κ1) is 25.6. The van der Waals surface area contributed by atoms with Crippen molar-refractivity contribution in [3.05, 3.63) is 126 Å². The summed E-state index contributed by atoms with van der Waals surface area (Å²) < 4.78 is 5.78. The number of ether oxygens (including phenoxy) is 1. The number of nitrogens with one attached hydrogen (secondary N) is 2. The molecule has 4 aromatic rings. The van der Waals surface area contributed by atoms with Gasteiger partial charge in [-0.15, -0.1) is 0 Å². The highest BCUT2D eigenvalue weighted by molar-refractivity contribution is 7.80. The zero-order valence-corrected chi connectivity index (χ0v) is 21.2. The summed E-state index contributed by atoms with van der Waals surface area (Å²) in [6.07, 6.45) is 0.804. The van der Waals surface area contributed by atoms with Crippen molar-refractivity contribution in [2.45, 2.75) is 6.42 Å². The minimum absolute atomic E-state index is 0.134. The minimum Gasteiger partial charge on any atom is -0.493 e. The van der Waals surface area contributed by atoms with Crippen LogP contribution in [0.25, 0.3) is 0 Å². The highest BCUT2D eigenvalue weighted by Crippen LogP contribution is 2.18. The number of anilines is 2. The molecule has 37 heavy (non-hydrogen) atoms. The van der Waals surface area contributed by atoms with E-state index in [-0.39, 0.29) is 16.9 Å². The molecule has 0 unspecified atom stereocenters. The fraction of sp³-hybridized carbons (Fsp3) is 0.100. The molecule has 4 rings (SSSR count). The van der Waals surface area contributed by atoms with Gasteiger partial charge in [-0.1, -0.05) is 54.6 Å². The van der Waals surface area contributed by atoms with Gasteiger partial charge < -0.3 is 15.0 Å². The summed E-state index contributed by atoms with van der Waals surface area (Å²) in [7, 11) is 1.72. The molecular formula is C30H27N3O3S. The topological polar surface area (TPSA) is 70.7 Å². The van der Waals surface area contributed by atoms with Gasteiger partial charge in [-0.3, -0.25) is 14.9 Å². The summed E-state index contributed by atoms with van der Waals surface area (Å²) in [4.78, 5) is 27.1. The Kier molecular flexibility index (Phi) is 8.62. The molecule has 6 nitrogen and oxygen atoms in total. The van der Waals surface area contributed by atoms with Gasteiger partial charge in [0.1, 0.15) is 5.75 Å². The van der Waals surface area contributed by atoms with E-state index in [0.29, 0.717) is 29.2 Å². The molecule has 186 valence electrons. The Morgan fingerprint density at radius 2 is 1.49 bits per heavy atom. The van der Waals surface area contributed by atoms with Crippen molar-refractivity contribution in [2.24, 2.45) is 0 Å². The van der Waals surface area contributed by atoms with Crippen molar-refractivity contribution in [1.29, 1.82) is 0 Å². The van der Waals surface area contributed by atoms with E-state index in [1.165, 1.54) is 5.56 Å².